The Morgan fingerprint density at radius 1 is 1.21 bits per heavy atom. The Kier molecular flexibility index (Phi) is 1.45. The first-order chi connectivity index (χ1) is 6.71. The highest BCUT2D eigenvalue weighted by Gasteiger charge is 2.48. The smallest absolute Gasteiger partial charge is 0.163 e. The van der Waals surface area contributed by atoms with Crippen LogP contribution in [0.3, 0.4) is 0 Å². The summed E-state index contributed by atoms with van der Waals surface area (Å²) in [6.45, 7) is 2.11. The molecule has 1 spiro atoms. The number of carbonyl (C=O) groups excluding carboxylic acids is 1. The molecular formula is C13H14O. The van der Waals surface area contributed by atoms with Gasteiger partial charge in [-0.2, -0.15) is 0 Å². The summed E-state index contributed by atoms with van der Waals surface area (Å²) in [7, 11) is 0. The third-order valence-corrected chi connectivity index (χ3v) is 3.73. The molecule has 0 atom stereocenters. The molecule has 0 bridgehead atoms. The number of Topliss-reactive ketones (excluding diaryl/α,β-unsaturated/α-hetero) is 1. The van der Waals surface area contributed by atoms with Crippen LogP contribution in [0.5, 0.6) is 0 Å². The van der Waals surface area contributed by atoms with E-state index in [0.717, 1.165) is 18.4 Å². The molecule has 1 heteroatoms. The fraction of sp³-hybridized carbons (Fsp3) is 0.462. The van der Waals surface area contributed by atoms with Gasteiger partial charge >= 0.3 is 0 Å². The van der Waals surface area contributed by atoms with Crippen LogP contribution in [0, 0.1) is 6.92 Å². The van der Waals surface area contributed by atoms with Crippen LogP contribution < -0.4 is 0 Å². The standard InChI is InChI=1S/C13H14O/c1-9-2-3-10-11(8-9)13(6-7-13)5-4-12(10)14/h2-3,8H,4-7H2,1H3. The topological polar surface area (TPSA) is 17.1 Å². The predicted molar refractivity (Wildman–Crippen MR) is 55.7 cm³/mol. The van der Waals surface area contributed by atoms with E-state index in [1.165, 1.54) is 24.0 Å². The molecule has 0 saturated heterocycles. The lowest BCUT2D eigenvalue weighted by Crippen LogP contribution is -2.20. The zero-order valence-corrected chi connectivity index (χ0v) is 8.47. The molecule has 0 radical (unpaired) electrons. The molecule has 1 fully saturated rings. The molecule has 1 aromatic carbocycles. The lowest BCUT2D eigenvalue weighted by Gasteiger charge is -2.24. The molecule has 0 N–H and O–H groups in total. The van der Waals surface area contributed by atoms with E-state index < -0.39 is 0 Å². The summed E-state index contributed by atoms with van der Waals surface area (Å²) >= 11 is 0. The molecule has 3 rings (SSSR count). The third kappa shape index (κ3) is 0.985. The molecule has 0 amide bonds. The highest BCUT2D eigenvalue weighted by molar-refractivity contribution is 5.99. The van der Waals surface area contributed by atoms with E-state index in [1.807, 2.05) is 6.07 Å². The van der Waals surface area contributed by atoms with E-state index in [-0.39, 0.29) is 0 Å². The highest BCUT2D eigenvalue weighted by Crippen LogP contribution is 2.55. The first-order valence-corrected chi connectivity index (χ1v) is 5.36. The third-order valence-electron chi connectivity index (χ3n) is 3.73. The molecule has 2 aliphatic rings. The summed E-state index contributed by atoms with van der Waals surface area (Å²) in [5.74, 6) is 0.345. The zero-order chi connectivity index (χ0) is 9.76. The van der Waals surface area contributed by atoms with Crippen LogP contribution in [0.25, 0.3) is 0 Å². The largest absolute Gasteiger partial charge is 0.294 e. The fourth-order valence-corrected chi connectivity index (χ4v) is 2.63. The van der Waals surface area contributed by atoms with Crippen molar-refractivity contribution in [2.24, 2.45) is 0 Å². The van der Waals surface area contributed by atoms with Crippen molar-refractivity contribution in [2.75, 3.05) is 0 Å². The molecule has 1 saturated carbocycles. The molecule has 0 aromatic heterocycles. The Hall–Kier alpha value is -1.11. The predicted octanol–water partition coefficient (Wildman–Crippen LogP) is 3.00. The summed E-state index contributed by atoms with van der Waals surface area (Å²) in [5.41, 5.74) is 4.03. The molecule has 14 heavy (non-hydrogen) atoms. The maximum absolute atomic E-state index is 11.7. The first-order valence-electron chi connectivity index (χ1n) is 5.36. The van der Waals surface area contributed by atoms with Crippen LogP contribution in [-0.2, 0) is 5.41 Å². The van der Waals surface area contributed by atoms with Gasteiger partial charge in [-0.25, -0.2) is 0 Å². The number of aryl methyl sites for hydroxylation is 1. The van der Waals surface area contributed by atoms with Gasteiger partial charge in [0.1, 0.15) is 0 Å². The van der Waals surface area contributed by atoms with Crippen molar-refractivity contribution in [2.45, 2.75) is 38.0 Å². The number of benzene rings is 1. The minimum Gasteiger partial charge on any atom is -0.294 e. The van der Waals surface area contributed by atoms with Gasteiger partial charge in [0.15, 0.2) is 5.78 Å². The van der Waals surface area contributed by atoms with E-state index in [9.17, 15) is 4.79 Å². The van der Waals surface area contributed by atoms with Crippen molar-refractivity contribution < 1.29 is 4.79 Å². The Balaban J connectivity index is 2.22. The SMILES string of the molecule is Cc1ccc2c(c1)C1(CCC2=O)CC1. The Morgan fingerprint density at radius 3 is 2.71 bits per heavy atom. The molecule has 0 aliphatic heterocycles. The number of carbonyl (C=O) groups is 1. The zero-order valence-electron chi connectivity index (χ0n) is 8.47. The fourth-order valence-electron chi connectivity index (χ4n) is 2.63. The van der Waals surface area contributed by atoms with Gasteiger partial charge in [-0.05, 0) is 37.2 Å². The number of fused-ring (bicyclic) bond motifs is 2. The van der Waals surface area contributed by atoms with E-state index in [4.69, 9.17) is 0 Å². The number of rotatable bonds is 0. The molecule has 0 heterocycles. The van der Waals surface area contributed by atoms with Gasteiger partial charge in [0.05, 0.1) is 0 Å². The average molecular weight is 186 g/mol. The van der Waals surface area contributed by atoms with Crippen LogP contribution in [0.1, 0.15) is 47.2 Å². The van der Waals surface area contributed by atoms with Gasteiger partial charge < -0.3 is 0 Å². The summed E-state index contributed by atoms with van der Waals surface area (Å²) in [6.07, 6.45) is 4.42. The van der Waals surface area contributed by atoms with Crippen molar-refractivity contribution in [3.63, 3.8) is 0 Å². The molecular weight excluding hydrogens is 172 g/mol. The molecule has 72 valence electrons. The summed E-state index contributed by atoms with van der Waals surface area (Å²) in [4.78, 5) is 11.7. The number of hydrogen-bond donors (Lipinski definition) is 0. The number of hydrogen-bond acceptors (Lipinski definition) is 1. The molecule has 1 aromatic rings. The maximum atomic E-state index is 11.7. The number of ketones is 1. The Morgan fingerprint density at radius 2 is 2.00 bits per heavy atom. The average Bonchev–Trinajstić information content (AvgIpc) is 2.93. The van der Waals surface area contributed by atoms with Crippen molar-refractivity contribution in [1.82, 2.24) is 0 Å². The normalized spacial score (nSPS) is 22.2. The lowest BCUT2D eigenvalue weighted by molar-refractivity contribution is 0.0964. The van der Waals surface area contributed by atoms with Gasteiger partial charge in [0.2, 0.25) is 0 Å². The van der Waals surface area contributed by atoms with Crippen molar-refractivity contribution in [3.05, 3.63) is 34.9 Å². The van der Waals surface area contributed by atoms with Crippen LogP contribution in [0.2, 0.25) is 0 Å². The Labute approximate surface area is 84.1 Å². The summed E-state index contributed by atoms with van der Waals surface area (Å²) in [6, 6.07) is 6.30. The van der Waals surface area contributed by atoms with Crippen molar-refractivity contribution >= 4 is 5.78 Å². The Bertz CT molecular complexity index is 413. The quantitative estimate of drug-likeness (QED) is 0.608. The van der Waals surface area contributed by atoms with Gasteiger partial charge in [-0.1, -0.05) is 23.8 Å². The van der Waals surface area contributed by atoms with E-state index in [2.05, 4.69) is 19.1 Å². The second kappa shape index (κ2) is 2.47. The van der Waals surface area contributed by atoms with Gasteiger partial charge in [-0.3, -0.25) is 4.79 Å². The first kappa shape index (κ1) is 8.22. The maximum Gasteiger partial charge on any atom is 0.163 e. The molecule has 0 unspecified atom stereocenters. The monoisotopic (exact) mass is 186 g/mol. The van der Waals surface area contributed by atoms with E-state index >= 15 is 0 Å². The summed E-state index contributed by atoms with van der Waals surface area (Å²) < 4.78 is 0. The summed E-state index contributed by atoms with van der Waals surface area (Å²) in [5, 5.41) is 0. The van der Waals surface area contributed by atoms with E-state index in [1.54, 1.807) is 0 Å². The second-order valence-corrected chi connectivity index (χ2v) is 4.75. The lowest BCUT2D eigenvalue weighted by atomic mass is 9.79. The minimum atomic E-state index is 0.345. The van der Waals surface area contributed by atoms with Crippen LogP contribution in [0.4, 0.5) is 0 Å². The van der Waals surface area contributed by atoms with Crippen molar-refractivity contribution in [3.8, 4) is 0 Å². The van der Waals surface area contributed by atoms with E-state index in [0.29, 0.717) is 11.2 Å². The molecule has 2 aliphatic carbocycles. The van der Waals surface area contributed by atoms with Crippen molar-refractivity contribution in [1.29, 1.82) is 0 Å². The molecule has 1 nitrogen and oxygen atoms in total. The second-order valence-electron chi connectivity index (χ2n) is 4.75. The van der Waals surface area contributed by atoms with Crippen LogP contribution >= 0.6 is 0 Å². The van der Waals surface area contributed by atoms with Gasteiger partial charge in [-0.15, -0.1) is 0 Å². The van der Waals surface area contributed by atoms with Crippen LogP contribution in [0.15, 0.2) is 18.2 Å². The minimum absolute atomic E-state index is 0.345. The van der Waals surface area contributed by atoms with Crippen LogP contribution in [-0.4, -0.2) is 5.78 Å². The highest BCUT2D eigenvalue weighted by atomic mass is 16.1. The van der Waals surface area contributed by atoms with Gasteiger partial charge in [0.25, 0.3) is 0 Å². The van der Waals surface area contributed by atoms with Gasteiger partial charge in [0, 0.05) is 12.0 Å².